The molecule has 2 rings (SSSR count). The van der Waals surface area contributed by atoms with Crippen LogP contribution in [0.1, 0.15) is 21.5 Å². The molecule has 2 N–H and O–H groups in total. The number of amides is 1. The molecule has 6 nitrogen and oxygen atoms in total. The van der Waals surface area contributed by atoms with Crippen molar-refractivity contribution >= 4 is 15.9 Å². The summed E-state index contributed by atoms with van der Waals surface area (Å²) >= 11 is 0. The Balaban J connectivity index is 1.96. The third kappa shape index (κ3) is 6.04. The fraction of sp³-hybridized carbons (Fsp3) is 0.278. The lowest BCUT2D eigenvalue weighted by molar-refractivity contribution is -0.137. The lowest BCUT2D eigenvalue weighted by Gasteiger charge is -2.09. The quantitative estimate of drug-likeness (QED) is 0.648. The predicted molar refractivity (Wildman–Crippen MR) is 96.1 cm³/mol. The highest BCUT2D eigenvalue weighted by Crippen LogP contribution is 2.29. The van der Waals surface area contributed by atoms with Crippen LogP contribution in [0.5, 0.6) is 0 Å². The van der Waals surface area contributed by atoms with Crippen LogP contribution in [-0.2, 0) is 27.5 Å². The smallest absolute Gasteiger partial charge is 0.383 e. The van der Waals surface area contributed by atoms with E-state index in [0.717, 1.165) is 12.1 Å². The van der Waals surface area contributed by atoms with Gasteiger partial charge in [-0.25, -0.2) is 13.1 Å². The Labute approximate surface area is 160 Å². The molecule has 2 aromatic rings. The average molecular weight is 416 g/mol. The number of rotatable bonds is 8. The largest absolute Gasteiger partial charge is 0.416 e. The van der Waals surface area contributed by atoms with Crippen LogP contribution in [0.25, 0.3) is 0 Å². The summed E-state index contributed by atoms with van der Waals surface area (Å²) in [5.41, 5.74) is -0.0378. The molecule has 0 heterocycles. The summed E-state index contributed by atoms with van der Waals surface area (Å²) < 4.78 is 68.8. The maximum atomic E-state index is 12.5. The molecule has 0 unspecified atom stereocenters. The predicted octanol–water partition coefficient (Wildman–Crippen LogP) is 2.56. The van der Waals surface area contributed by atoms with Crippen molar-refractivity contribution in [1.29, 1.82) is 0 Å². The Bertz CT molecular complexity index is 896. The molecule has 10 heteroatoms. The summed E-state index contributed by atoms with van der Waals surface area (Å²) in [6.07, 6.45) is -4.41. The zero-order chi connectivity index (χ0) is 20.8. The first-order valence-electron chi connectivity index (χ1n) is 8.16. The van der Waals surface area contributed by atoms with Gasteiger partial charge in [0.2, 0.25) is 10.0 Å². The standard InChI is InChI=1S/C18H19F3N2O4S/c1-27-11-10-23-28(25,26)16-8-4-14(5-9-16)17(24)22-12-13-2-6-15(7-3-13)18(19,20)21/h2-9,23H,10-12H2,1H3,(H,22,24). The van der Waals surface area contributed by atoms with Crippen molar-refractivity contribution in [1.82, 2.24) is 10.0 Å². The summed E-state index contributed by atoms with van der Waals surface area (Å²) in [5.74, 6) is -0.476. The van der Waals surface area contributed by atoms with Crippen molar-refractivity contribution in [3.63, 3.8) is 0 Å². The Morgan fingerprint density at radius 3 is 2.18 bits per heavy atom. The van der Waals surface area contributed by atoms with E-state index in [0.29, 0.717) is 5.56 Å². The second-order valence-corrected chi connectivity index (χ2v) is 7.56. The van der Waals surface area contributed by atoms with Crippen LogP contribution in [0.2, 0.25) is 0 Å². The molecule has 0 saturated heterocycles. The Hall–Kier alpha value is -2.43. The van der Waals surface area contributed by atoms with Gasteiger partial charge in [-0.2, -0.15) is 13.2 Å². The zero-order valence-electron chi connectivity index (χ0n) is 14.9. The molecule has 0 saturated carbocycles. The lowest BCUT2D eigenvalue weighted by atomic mass is 10.1. The maximum absolute atomic E-state index is 12.5. The van der Waals surface area contributed by atoms with E-state index < -0.39 is 27.7 Å². The molecular formula is C18H19F3N2O4S. The second kappa shape index (κ2) is 9.18. The van der Waals surface area contributed by atoms with Gasteiger partial charge in [0.25, 0.3) is 5.91 Å². The minimum Gasteiger partial charge on any atom is -0.383 e. The van der Waals surface area contributed by atoms with Crippen LogP contribution in [0.15, 0.2) is 53.4 Å². The fourth-order valence-corrected chi connectivity index (χ4v) is 3.26. The van der Waals surface area contributed by atoms with E-state index in [-0.39, 0.29) is 30.2 Å². The van der Waals surface area contributed by atoms with E-state index in [4.69, 9.17) is 4.74 Å². The van der Waals surface area contributed by atoms with E-state index in [1.54, 1.807) is 0 Å². The van der Waals surface area contributed by atoms with Crippen LogP contribution < -0.4 is 10.0 Å². The minimum absolute atomic E-state index is 0.00268. The van der Waals surface area contributed by atoms with Crippen molar-refractivity contribution in [2.24, 2.45) is 0 Å². The third-order valence-electron chi connectivity index (χ3n) is 3.76. The van der Waals surface area contributed by atoms with E-state index >= 15 is 0 Å². The van der Waals surface area contributed by atoms with Gasteiger partial charge in [-0.3, -0.25) is 4.79 Å². The molecule has 0 aliphatic rings. The Morgan fingerprint density at radius 2 is 1.64 bits per heavy atom. The zero-order valence-corrected chi connectivity index (χ0v) is 15.7. The summed E-state index contributed by atoms with van der Waals surface area (Å²) in [5, 5.41) is 2.57. The van der Waals surface area contributed by atoms with E-state index in [9.17, 15) is 26.4 Å². The molecule has 2 aromatic carbocycles. The van der Waals surface area contributed by atoms with Gasteiger partial charge in [0.05, 0.1) is 17.1 Å². The summed E-state index contributed by atoms with van der Waals surface area (Å²) in [6, 6.07) is 9.74. The first-order valence-corrected chi connectivity index (χ1v) is 9.65. The number of hydrogen-bond donors (Lipinski definition) is 2. The van der Waals surface area contributed by atoms with Gasteiger partial charge in [0, 0.05) is 25.8 Å². The molecule has 0 atom stereocenters. The van der Waals surface area contributed by atoms with Gasteiger partial charge in [-0.1, -0.05) is 12.1 Å². The van der Waals surface area contributed by atoms with Gasteiger partial charge in [0.15, 0.2) is 0 Å². The van der Waals surface area contributed by atoms with Crippen molar-refractivity contribution in [3.05, 3.63) is 65.2 Å². The monoisotopic (exact) mass is 416 g/mol. The highest BCUT2D eigenvalue weighted by Gasteiger charge is 2.29. The van der Waals surface area contributed by atoms with Crippen LogP contribution >= 0.6 is 0 Å². The van der Waals surface area contributed by atoms with Gasteiger partial charge in [-0.15, -0.1) is 0 Å². The minimum atomic E-state index is -4.41. The fourth-order valence-electron chi connectivity index (χ4n) is 2.24. The number of carbonyl (C=O) groups is 1. The number of halogens is 3. The first-order chi connectivity index (χ1) is 13.1. The molecule has 152 valence electrons. The maximum Gasteiger partial charge on any atom is 0.416 e. The highest BCUT2D eigenvalue weighted by molar-refractivity contribution is 7.89. The number of methoxy groups -OCH3 is 1. The number of sulfonamides is 1. The van der Waals surface area contributed by atoms with Crippen LogP contribution in [0, 0.1) is 0 Å². The van der Waals surface area contributed by atoms with E-state index in [2.05, 4.69) is 10.0 Å². The summed E-state index contributed by atoms with van der Waals surface area (Å²) in [7, 11) is -2.25. The van der Waals surface area contributed by atoms with Crippen molar-refractivity contribution in [2.45, 2.75) is 17.6 Å². The molecule has 0 aliphatic heterocycles. The number of hydrogen-bond acceptors (Lipinski definition) is 4. The summed E-state index contributed by atoms with van der Waals surface area (Å²) in [4.78, 5) is 12.1. The van der Waals surface area contributed by atoms with Crippen LogP contribution in [0.3, 0.4) is 0 Å². The Kier molecular flexibility index (Phi) is 7.17. The molecule has 0 aromatic heterocycles. The van der Waals surface area contributed by atoms with Crippen LogP contribution in [0.4, 0.5) is 13.2 Å². The number of carbonyl (C=O) groups excluding carboxylic acids is 1. The molecule has 1 amide bonds. The van der Waals surface area contributed by atoms with Crippen molar-refractivity contribution < 1.29 is 31.1 Å². The molecule has 0 spiro atoms. The molecule has 0 radical (unpaired) electrons. The van der Waals surface area contributed by atoms with E-state index in [1.165, 1.54) is 43.5 Å². The van der Waals surface area contributed by atoms with Crippen molar-refractivity contribution in [3.8, 4) is 0 Å². The molecular weight excluding hydrogens is 397 g/mol. The van der Waals surface area contributed by atoms with Gasteiger partial charge in [-0.05, 0) is 42.0 Å². The number of ether oxygens (including phenoxy) is 1. The third-order valence-corrected chi connectivity index (χ3v) is 5.24. The number of alkyl halides is 3. The normalized spacial score (nSPS) is 12.0. The van der Waals surface area contributed by atoms with Gasteiger partial charge >= 0.3 is 6.18 Å². The number of nitrogens with one attached hydrogen (secondary N) is 2. The average Bonchev–Trinajstić information content (AvgIpc) is 2.66. The van der Waals surface area contributed by atoms with Crippen LogP contribution in [-0.4, -0.2) is 34.6 Å². The molecule has 28 heavy (non-hydrogen) atoms. The number of benzene rings is 2. The van der Waals surface area contributed by atoms with E-state index in [1.807, 2.05) is 0 Å². The molecule has 0 bridgehead atoms. The first kappa shape index (κ1) is 21.9. The van der Waals surface area contributed by atoms with Gasteiger partial charge in [0.1, 0.15) is 0 Å². The SMILES string of the molecule is COCCNS(=O)(=O)c1ccc(C(=O)NCc2ccc(C(F)(F)F)cc2)cc1. The van der Waals surface area contributed by atoms with Gasteiger partial charge < -0.3 is 10.1 Å². The second-order valence-electron chi connectivity index (χ2n) is 5.79. The van der Waals surface area contributed by atoms with Crippen molar-refractivity contribution in [2.75, 3.05) is 20.3 Å². The lowest BCUT2D eigenvalue weighted by Crippen LogP contribution is -2.27. The summed E-state index contributed by atoms with van der Waals surface area (Å²) in [6.45, 7) is 0.382. The topological polar surface area (TPSA) is 84.5 Å². The molecule has 0 aliphatic carbocycles. The molecule has 0 fully saturated rings. The highest BCUT2D eigenvalue weighted by atomic mass is 32.2. The Morgan fingerprint density at radius 1 is 1.04 bits per heavy atom.